The molecule has 0 aromatic heterocycles. The van der Waals surface area contributed by atoms with E-state index in [1.54, 1.807) is 7.11 Å². The molecular weight excluding hydrogens is 226 g/mol. The second-order valence-corrected chi connectivity index (χ2v) is 4.62. The number of nitrogen functional groups attached to an aromatic ring is 1. The van der Waals surface area contributed by atoms with Gasteiger partial charge in [0.2, 0.25) is 0 Å². The summed E-state index contributed by atoms with van der Waals surface area (Å²) in [6.07, 6.45) is 1.12. The van der Waals surface area contributed by atoms with Gasteiger partial charge in [0, 0.05) is 12.6 Å². The van der Waals surface area contributed by atoms with E-state index in [1.165, 1.54) is 5.56 Å². The zero-order valence-corrected chi connectivity index (χ0v) is 11.7. The lowest BCUT2D eigenvalue weighted by Gasteiger charge is -2.23. The number of rotatable bonds is 6. The molecule has 0 aliphatic carbocycles. The van der Waals surface area contributed by atoms with Crippen LogP contribution in [0.3, 0.4) is 0 Å². The van der Waals surface area contributed by atoms with Crippen LogP contribution in [-0.2, 0) is 6.54 Å². The predicted molar refractivity (Wildman–Crippen MR) is 75.2 cm³/mol. The Hall–Kier alpha value is -1.55. The molecule has 0 spiro atoms. The van der Waals surface area contributed by atoms with Crippen molar-refractivity contribution in [2.24, 2.45) is 5.73 Å². The molecule has 1 unspecified atom stereocenters. The molecule has 0 bridgehead atoms. The van der Waals surface area contributed by atoms with E-state index in [1.807, 2.05) is 18.2 Å². The van der Waals surface area contributed by atoms with Crippen molar-refractivity contribution in [3.63, 3.8) is 0 Å². The lowest BCUT2D eigenvalue weighted by Crippen LogP contribution is -2.27. The molecule has 0 radical (unpaired) electrons. The Labute approximate surface area is 109 Å². The van der Waals surface area contributed by atoms with E-state index >= 15 is 0 Å². The molecule has 0 saturated heterocycles. The summed E-state index contributed by atoms with van der Waals surface area (Å²) in [5, 5.41) is 7.48. The standard InChI is InChI=1S/C14H23N3O/c1-5-10(2)17(3)9-11-6-7-12(14(15)16)13(8-11)18-4/h6-8,10H,5,9H2,1-4H3,(H3,15,16). The van der Waals surface area contributed by atoms with Gasteiger partial charge in [0.1, 0.15) is 11.6 Å². The topological polar surface area (TPSA) is 62.3 Å². The quantitative estimate of drug-likeness (QED) is 0.600. The van der Waals surface area contributed by atoms with Crippen LogP contribution in [0.4, 0.5) is 0 Å². The van der Waals surface area contributed by atoms with Crippen molar-refractivity contribution >= 4 is 5.84 Å². The summed E-state index contributed by atoms with van der Waals surface area (Å²) in [7, 11) is 3.71. The number of amidine groups is 1. The number of nitrogens with zero attached hydrogens (tertiary/aromatic N) is 1. The Bertz CT molecular complexity index is 418. The van der Waals surface area contributed by atoms with Crippen molar-refractivity contribution in [1.29, 1.82) is 5.41 Å². The first-order valence-corrected chi connectivity index (χ1v) is 6.21. The van der Waals surface area contributed by atoms with Gasteiger partial charge in [-0.05, 0) is 38.1 Å². The van der Waals surface area contributed by atoms with Gasteiger partial charge in [0.15, 0.2) is 0 Å². The molecule has 3 N–H and O–H groups in total. The van der Waals surface area contributed by atoms with Crippen molar-refractivity contribution < 1.29 is 4.74 Å². The Balaban J connectivity index is 2.89. The molecule has 18 heavy (non-hydrogen) atoms. The number of benzene rings is 1. The van der Waals surface area contributed by atoms with E-state index in [0.29, 0.717) is 17.4 Å². The largest absolute Gasteiger partial charge is 0.496 e. The monoisotopic (exact) mass is 249 g/mol. The minimum Gasteiger partial charge on any atom is -0.496 e. The highest BCUT2D eigenvalue weighted by atomic mass is 16.5. The number of hydrogen-bond donors (Lipinski definition) is 2. The van der Waals surface area contributed by atoms with Gasteiger partial charge in [0.05, 0.1) is 12.7 Å². The Morgan fingerprint density at radius 2 is 2.17 bits per heavy atom. The van der Waals surface area contributed by atoms with Gasteiger partial charge < -0.3 is 10.5 Å². The Morgan fingerprint density at radius 3 is 2.67 bits per heavy atom. The minimum atomic E-state index is 0.0358. The normalized spacial score (nSPS) is 12.5. The van der Waals surface area contributed by atoms with Crippen LogP contribution in [0.25, 0.3) is 0 Å². The fourth-order valence-corrected chi connectivity index (χ4v) is 1.81. The molecule has 0 aliphatic heterocycles. The lowest BCUT2D eigenvalue weighted by molar-refractivity contribution is 0.243. The smallest absolute Gasteiger partial charge is 0.130 e. The third-order valence-electron chi connectivity index (χ3n) is 3.33. The first-order valence-electron chi connectivity index (χ1n) is 6.21. The van der Waals surface area contributed by atoms with Crippen molar-refractivity contribution in [2.75, 3.05) is 14.2 Å². The predicted octanol–water partition coefficient (Wildman–Crippen LogP) is 2.21. The van der Waals surface area contributed by atoms with Crippen LogP contribution in [0.15, 0.2) is 18.2 Å². The van der Waals surface area contributed by atoms with E-state index in [2.05, 4.69) is 25.8 Å². The van der Waals surface area contributed by atoms with Crippen molar-refractivity contribution in [2.45, 2.75) is 32.9 Å². The zero-order chi connectivity index (χ0) is 13.7. The first kappa shape index (κ1) is 14.5. The third-order valence-corrected chi connectivity index (χ3v) is 3.33. The Kier molecular flexibility index (Phi) is 5.16. The van der Waals surface area contributed by atoms with Crippen LogP contribution in [0.1, 0.15) is 31.4 Å². The van der Waals surface area contributed by atoms with Gasteiger partial charge in [-0.2, -0.15) is 0 Å². The summed E-state index contributed by atoms with van der Waals surface area (Å²) >= 11 is 0. The molecule has 0 saturated carbocycles. The van der Waals surface area contributed by atoms with Crippen LogP contribution in [0, 0.1) is 5.41 Å². The minimum absolute atomic E-state index is 0.0358. The van der Waals surface area contributed by atoms with E-state index in [4.69, 9.17) is 15.9 Å². The molecule has 1 aromatic rings. The fourth-order valence-electron chi connectivity index (χ4n) is 1.81. The van der Waals surface area contributed by atoms with E-state index in [-0.39, 0.29) is 5.84 Å². The molecule has 1 aromatic carbocycles. The molecule has 0 aliphatic rings. The van der Waals surface area contributed by atoms with Crippen LogP contribution in [0.5, 0.6) is 5.75 Å². The van der Waals surface area contributed by atoms with Gasteiger partial charge in [0.25, 0.3) is 0 Å². The van der Waals surface area contributed by atoms with Crippen molar-refractivity contribution in [3.8, 4) is 5.75 Å². The van der Waals surface area contributed by atoms with Crippen LogP contribution in [0.2, 0.25) is 0 Å². The summed E-state index contributed by atoms with van der Waals surface area (Å²) in [6, 6.07) is 6.35. The molecule has 0 fully saturated rings. The molecule has 1 atom stereocenters. The number of methoxy groups -OCH3 is 1. The van der Waals surface area contributed by atoms with E-state index in [9.17, 15) is 0 Å². The second-order valence-electron chi connectivity index (χ2n) is 4.62. The van der Waals surface area contributed by atoms with E-state index < -0.39 is 0 Å². The van der Waals surface area contributed by atoms with Crippen LogP contribution < -0.4 is 10.5 Å². The van der Waals surface area contributed by atoms with Gasteiger partial charge in [-0.25, -0.2) is 0 Å². The van der Waals surface area contributed by atoms with Crippen LogP contribution >= 0.6 is 0 Å². The summed E-state index contributed by atoms with van der Waals surface area (Å²) in [6.45, 7) is 5.26. The molecule has 4 nitrogen and oxygen atoms in total. The number of ether oxygens (including phenoxy) is 1. The average molecular weight is 249 g/mol. The third kappa shape index (κ3) is 3.47. The maximum absolute atomic E-state index is 7.48. The second kappa shape index (κ2) is 6.40. The SMILES string of the molecule is CCC(C)N(C)Cc1ccc(C(=N)N)c(OC)c1. The number of nitrogens with two attached hydrogens (primary N) is 1. The van der Waals surface area contributed by atoms with Crippen molar-refractivity contribution in [1.82, 2.24) is 4.90 Å². The van der Waals surface area contributed by atoms with Crippen molar-refractivity contribution in [3.05, 3.63) is 29.3 Å². The van der Waals surface area contributed by atoms with Gasteiger partial charge in [-0.1, -0.05) is 13.0 Å². The maximum atomic E-state index is 7.48. The molecule has 4 heteroatoms. The highest BCUT2D eigenvalue weighted by molar-refractivity contribution is 5.97. The highest BCUT2D eigenvalue weighted by Crippen LogP contribution is 2.21. The fraction of sp³-hybridized carbons (Fsp3) is 0.500. The average Bonchev–Trinajstić information content (AvgIpc) is 2.37. The Morgan fingerprint density at radius 1 is 1.50 bits per heavy atom. The molecule has 0 amide bonds. The molecule has 1 rings (SSSR count). The summed E-state index contributed by atoms with van der Waals surface area (Å²) < 4.78 is 5.28. The zero-order valence-electron chi connectivity index (χ0n) is 11.7. The first-order chi connectivity index (χ1) is 8.49. The van der Waals surface area contributed by atoms with Gasteiger partial charge in [-0.15, -0.1) is 0 Å². The van der Waals surface area contributed by atoms with Crippen LogP contribution in [-0.4, -0.2) is 30.9 Å². The summed E-state index contributed by atoms with van der Waals surface area (Å²) in [4.78, 5) is 2.29. The summed E-state index contributed by atoms with van der Waals surface area (Å²) in [5.74, 6) is 0.700. The molecular formula is C14H23N3O. The molecule has 0 heterocycles. The van der Waals surface area contributed by atoms with E-state index in [0.717, 1.165) is 13.0 Å². The maximum Gasteiger partial charge on any atom is 0.130 e. The molecule has 100 valence electrons. The number of nitrogens with one attached hydrogen (secondary N) is 1. The van der Waals surface area contributed by atoms with Gasteiger partial charge in [-0.3, -0.25) is 10.3 Å². The number of hydrogen-bond acceptors (Lipinski definition) is 3. The summed E-state index contributed by atoms with van der Waals surface area (Å²) in [5.41, 5.74) is 7.32. The lowest BCUT2D eigenvalue weighted by atomic mass is 10.1. The highest BCUT2D eigenvalue weighted by Gasteiger charge is 2.10. The van der Waals surface area contributed by atoms with Gasteiger partial charge >= 0.3 is 0 Å².